The molecule has 28 heavy (non-hydrogen) atoms. The zero-order valence-corrected chi connectivity index (χ0v) is 20.6. The molecule has 1 aromatic carbocycles. The molecule has 1 fully saturated rings. The number of hydrogen-bond acceptors (Lipinski definition) is 3. The van der Waals surface area contributed by atoms with Crippen LogP contribution in [0.4, 0.5) is 0 Å². The number of rotatable bonds is 5. The molecule has 0 saturated heterocycles. The minimum atomic E-state index is -1.77. The van der Waals surface area contributed by atoms with E-state index in [9.17, 15) is 0 Å². The van der Waals surface area contributed by atoms with Crippen LogP contribution >= 0.6 is 0 Å². The van der Waals surface area contributed by atoms with Crippen molar-refractivity contribution in [1.82, 2.24) is 0 Å². The van der Waals surface area contributed by atoms with Crippen LogP contribution in [-0.2, 0) is 13.6 Å². The molecular formula is C23H36O3Si2. The summed E-state index contributed by atoms with van der Waals surface area (Å²) < 4.78 is 19.0. The van der Waals surface area contributed by atoms with Gasteiger partial charge in [-0.25, -0.2) is 0 Å². The standard InChI is InChI=1S/C23H36O3Si2/c1-24-17-11-16-23-15-10-14-20(23)21(25-27(2,3)4)18-12-8-9-13-19(18)22(23)26-28(5,6)7/h8-9,12-13,20-22H,10,14-15,17H2,1-7H3/t20-,21-,22+,23+/m1/s1. The van der Waals surface area contributed by atoms with Crippen molar-refractivity contribution in [3.05, 3.63) is 35.4 Å². The zero-order valence-electron chi connectivity index (χ0n) is 18.6. The van der Waals surface area contributed by atoms with E-state index >= 15 is 0 Å². The number of ether oxygens (including phenoxy) is 1. The van der Waals surface area contributed by atoms with E-state index in [0.29, 0.717) is 12.5 Å². The highest BCUT2D eigenvalue weighted by Crippen LogP contribution is 2.62. The van der Waals surface area contributed by atoms with Crippen LogP contribution in [0.3, 0.4) is 0 Å². The van der Waals surface area contributed by atoms with Crippen molar-refractivity contribution in [3.8, 4) is 11.8 Å². The van der Waals surface area contributed by atoms with Crippen molar-refractivity contribution in [2.45, 2.75) is 70.8 Å². The van der Waals surface area contributed by atoms with Gasteiger partial charge in [0, 0.05) is 13.0 Å². The smallest absolute Gasteiger partial charge is 0.184 e. The monoisotopic (exact) mass is 416 g/mol. The van der Waals surface area contributed by atoms with Crippen molar-refractivity contribution in [2.24, 2.45) is 11.3 Å². The lowest BCUT2D eigenvalue weighted by molar-refractivity contribution is -0.0219. The van der Waals surface area contributed by atoms with Crippen molar-refractivity contribution < 1.29 is 13.6 Å². The van der Waals surface area contributed by atoms with Crippen LogP contribution in [0, 0.1) is 23.2 Å². The normalized spacial score (nSPS) is 29.6. The molecule has 0 bridgehead atoms. The Labute approximate surface area is 173 Å². The van der Waals surface area contributed by atoms with Gasteiger partial charge in [0.1, 0.15) is 6.61 Å². The van der Waals surface area contributed by atoms with Crippen LogP contribution in [0.2, 0.25) is 39.3 Å². The van der Waals surface area contributed by atoms with Gasteiger partial charge in [-0.15, -0.1) is 0 Å². The number of fused-ring (bicyclic) bond motifs is 2. The second kappa shape index (κ2) is 8.08. The first-order valence-corrected chi connectivity index (χ1v) is 17.3. The van der Waals surface area contributed by atoms with E-state index in [1.54, 1.807) is 7.11 Å². The molecular weight excluding hydrogens is 380 g/mol. The highest BCUT2D eigenvalue weighted by Gasteiger charge is 2.57. The predicted molar refractivity (Wildman–Crippen MR) is 120 cm³/mol. The molecule has 0 heterocycles. The van der Waals surface area contributed by atoms with Crippen LogP contribution in [0.5, 0.6) is 0 Å². The number of benzene rings is 1. The fraction of sp³-hybridized carbons (Fsp3) is 0.652. The Morgan fingerprint density at radius 2 is 1.64 bits per heavy atom. The lowest BCUT2D eigenvalue weighted by atomic mass is 9.63. The third-order valence-corrected chi connectivity index (χ3v) is 7.58. The molecule has 3 nitrogen and oxygen atoms in total. The van der Waals surface area contributed by atoms with Gasteiger partial charge >= 0.3 is 0 Å². The summed E-state index contributed by atoms with van der Waals surface area (Å²) >= 11 is 0. The van der Waals surface area contributed by atoms with E-state index in [1.165, 1.54) is 17.5 Å². The van der Waals surface area contributed by atoms with Crippen molar-refractivity contribution >= 4 is 16.6 Å². The Morgan fingerprint density at radius 3 is 2.25 bits per heavy atom. The minimum Gasteiger partial charge on any atom is -0.410 e. The average Bonchev–Trinajstić information content (AvgIpc) is 3.01. The van der Waals surface area contributed by atoms with Gasteiger partial charge in [0.25, 0.3) is 0 Å². The van der Waals surface area contributed by atoms with Crippen molar-refractivity contribution in [1.29, 1.82) is 0 Å². The van der Waals surface area contributed by atoms with Crippen LogP contribution in [-0.4, -0.2) is 30.4 Å². The fourth-order valence-electron chi connectivity index (χ4n) is 4.85. The first-order valence-electron chi connectivity index (χ1n) is 10.5. The van der Waals surface area contributed by atoms with Gasteiger partial charge in [0.05, 0.1) is 17.6 Å². The maximum absolute atomic E-state index is 6.88. The Kier molecular flexibility index (Phi) is 6.29. The van der Waals surface area contributed by atoms with Gasteiger partial charge in [-0.05, 0) is 63.3 Å². The SMILES string of the molecule is COCC#C[C@@]12CCC[C@@H]1[C@H](O[Si](C)(C)C)c1ccccc1[C@@H]2O[Si](C)(C)C. The molecule has 4 atom stereocenters. The van der Waals surface area contributed by atoms with Crippen LogP contribution < -0.4 is 0 Å². The maximum Gasteiger partial charge on any atom is 0.184 e. The fourth-order valence-corrected chi connectivity index (χ4v) is 6.95. The second-order valence-corrected chi connectivity index (χ2v) is 19.1. The van der Waals surface area contributed by atoms with Gasteiger partial charge in [0.15, 0.2) is 16.6 Å². The summed E-state index contributed by atoms with van der Waals surface area (Å²) in [5.41, 5.74) is 2.43. The van der Waals surface area contributed by atoms with E-state index in [4.69, 9.17) is 13.6 Å². The van der Waals surface area contributed by atoms with Gasteiger partial charge in [0.2, 0.25) is 0 Å². The summed E-state index contributed by atoms with van der Waals surface area (Å²) in [5.74, 6) is 7.38. The molecule has 0 amide bonds. The third kappa shape index (κ3) is 4.47. The molecule has 1 saturated carbocycles. The lowest BCUT2D eigenvalue weighted by Gasteiger charge is -2.50. The molecule has 0 aromatic heterocycles. The van der Waals surface area contributed by atoms with Crippen LogP contribution in [0.25, 0.3) is 0 Å². The molecule has 0 N–H and O–H groups in total. The predicted octanol–water partition coefficient (Wildman–Crippen LogP) is 5.92. The molecule has 0 spiro atoms. The molecule has 3 rings (SSSR count). The molecule has 0 radical (unpaired) electrons. The van der Waals surface area contributed by atoms with Crippen LogP contribution in [0.1, 0.15) is 42.6 Å². The zero-order chi connectivity index (χ0) is 20.6. The second-order valence-electron chi connectivity index (χ2n) is 10.2. The highest BCUT2D eigenvalue weighted by molar-refractivity contribution is 6.70. The molecule has 5 heteroatoms. The Balaban J connectivity index is 2.18. The van der Waals surface area contributed by atoms with Crippen molar-refractivity contribution in [3.63, 3.8) is 0 Å². The average molecular weight is 417 g/mol. The summed E-state index contributed by atoms with van der Waals surface area (Å²) in [5, 5.41) is 0. The summed E-state index contributed by atoms with van der Waals surface area (Å²) in [6.07, 6.45) is 3.54. The molecule has 0 unspecified atom stereocenters. The Hall–Kier alpha value is -0.906. The van der Waals surface area contributed by atoms with E-state index < -0.39 is 16.6 Å². The highest BCUT2D eigenvalue weighted by atomic mass is 28.4. The number of methoxy groups -OCH3 is 1. The molecule has 2 aliphatic carbocycles. The third-order valence-electron chi connectivity index (χ3n) is 5.68. The molecule has 0 aliphatic heterocycles. The van der Waals surface area contributed by atoms with E-state index in [1.807, 2.05) is 0 Å². The topological polar surface area (TPSA) is 27.7 Å². The summed E-state index contributed by atoms with van der Waals surface area (Å²) in [7, 11) is -1.78. The first kappa shape index (κ1) is 21.8. The number of hydrogen-bond donors (Lipinski definition) is 0. The largest absolute Gasteiger partial charge is 0.410 e. The van der Waals surface area contributed by atoms with E-state index in [0.717, 1.165) is 12.8 Å². The Bertz CT molecular complexity index is 754. The van der Waals surface area contributed by atoms with E-state index in [-0.39, 0.29) is 17.6 Å². The quantitative estimate of drug-likeness (QED) is 0.440. The summed E-state index contributed by atoms with van der Waals surface area (Å²) in [6.45, 7) is 14.2. The molecule has 2 aliphatic rings. The lowest BCUT2D eigenvalue weighted by Crippen LogP contribution is -2.47. The maximum atomic E-state index is 6.88. The Morgan fingerprint density at radius 1 is 1.00 bits per heavy atom. The summed E-state index contributed by atoms with van der Waals surface area (Å²) in [4.78, 5) is 0. The van der Waals surface area contributed by atoms with Gasteiger partial charge in [-0.3, -0.25) is 0 Å². The van der Waals surface area contributed by atoms with Crippen LogP contribution in [0.15, 0.2) is 24.3 Å². The molecule has 154 valence electrons. The minimum absolute atomic E-state index is 0.0220. The van der Waals surface area contributed by atoms with Gasteiger partial charge in [-0.2, -0.15) is 0 Å². The molecule has 1 aromatic rings. The van der Waals surface area contributed by atoms with Gasteiger partial charge in [-0.1, -0.05) is 42.5 Å². The van der Waals surface area contributed by atoms with Gasteiger partial charge < -0.3 is 13.6 Å². The summed E-state index contributed by atoms with van der Waals surface area (Å²) in [6, 6.07) is 8.78. The van der Waals surface area contributed by atoms with Crippen molar-refractivity contribution in [2.75, 3.05) is 13.7 Å². The van der Waals surface area contributed by atoms with E-state index in [2.05, 4.69) is 75.4 Å². The first-order chi connectivity index (χ1) is 13.1.